The molecule has 1 saturated heterocycles. The minimum absolute atomic E-state index is 0.0960. The maximum absolute atomic E-state index is 12.0. The van der Waals surface area contributed by atoms with Gasteiger partial charge in [-0.3, -0.25) is 9.59 Å². The van der Waals surface area contributed by atoms with Gasteiger partial charge >= 0.3 is 0 Å². The summed E-state index contributed by atoms with van der Waals surface area (Å²) in [5.41, 5.74) is 2.35. The number of carbonyl (C=O) groups is 2. The maximum Gasteiger partial charge on any atom is 0.258 e. The summed E-state index contributed by atoms with van der Waals surface area (Å²) in [6.45, 7) is 0.954. The van der Waals surface area contributed by atoms with Crippen molar-refractivity contribution in [2.24, 2.45) is 0 Å². The monoisotopic (exact) mass is 398 g/mol. The van der Waals surface area contributed by atoms with E-state index in [1.165, 1.54) is 0 Å². The number of nitrogens with one attached hydrogen (secondary N) is 1. The summed E-state index contributed by atoms with van der Waals surface area (Å²) in [5, 5.41) is 3.40. The fourth-order valence-electron chi connectivity index (χ4n) is 3.13. The number of anilines is 1. The van der Waals surface area contributed by atoms with Crippen LogP contribution in [-0.4, -0.2) is 34.4 Å². The number of amides is 2. The predicted molar refractivity (Wildman–Crippen MR) is 106 cm³/mol. The summed E-state index contributed by atoms with van der Waals surface area (Å²) in [6, 6.07) is 10.8. The van der Waals surface area contributed by atoms with Crippen molar-refractivity contribution in [2.75, 3.05) is 18.1 Å². The lowest BCUT2D eigenvalue weighted by atomic mass is 10.3. The van der Waals surface area contributed by atoms with Crippen LogP contribution in [0, 0.1) is 0 Å². The van der Waals surface area contributed by atoms with E-state index in [9.17, 15) is 9.59 Å². The Morgan fingerprint density at radius 3 is 2.75 bits per heavy atom. The summed E-state index contributed by atoms with van der Waals surface area (Å²) in [5.74, 6) is 0.476. The molecule has 0 atom stereocenters. The molecule has 28 heavy (non-hydrogen) atoms. The lowest BCUT2D eigenvalue weighted by Gasteiger charge is -2.16. The van der Waals surface area contributed by atoms with Crippen molar-refractivity contribution in [3.63, 3.8) is 0 Å². The summed E-state index contributed by atoms with van der Waals surface area (Å²) < 4.78 is 7.33. The van der Waals surface area contributed by atoms with Gasteiger partial charge in [-0.25, -0.2) is 4.98 Å². The van der Waals surface area contributed by atoms with E-state index in [-0.39, 0.29) is 18.4 Å². The standard InChI is InChI=1S/C20H19ClN4O3/c21-14-3-8-18-23-15(12-24(18)11-14)10-22-19(26)13-28-17-6-4-16(5-7-17)25-9-1-2-20(25)27/h3-8,11-12H,1-2,9-10,13H2,(H,22,26). The molecule has 1 aliphatic heterocycles. The molecule has 1 aromatic carbocycles. The van der Waals surface area contributed by atoms with E-state index in [1.807, 2.05) is 28.8 Å². The second-order valence-electron chi connectivity index (χ2n) is 6.55. The lowest BCUT2D eigenvalue weighted by molar-refractivity contribution is -0.123. The van der Waals surface area contributed by atoms with Crippen LogP contribution in [0.3, 0.4) is 0 Å². The Morgan fingerprint density at radius 1 is 1.18 bits per heavy atom. The van der Waals surface area contributed by atoms with E-state index >= 15 is 0 Å². The molecule has 0 spiro atoms. The van der Waals surface area contributed by atoms with Gasteiger partial charge in [-0.2, -0.15) is 0 Å². The smallest absolute Gasteiger partial charge is 0.258 e. The highest BCUT2D eigenvalue weighted by atomic mass is 35.5. The molecule has 0 radical (unpaired) electrons. The van der Waals surface area contributed by atoms with Crippen LogP contribution in [0.15, 0.2) is 48.8 Å². The van der Waals surface area contributed by atoms with Gasteiger partial charge in [-0.05, 0) is 42.8 Å². The van der Waals surface area contributed by atoms with E-state index in [0.29, 0.717) is 23.7 Å². The zero-order valence-corrected chi connectivity index (χ0v) is 15.9. The third-order valence-electron chi connectivity index (χ3n) is 4.52. The molecule has 0 aliphatic carbocycles. The van der Waals surface area contributed by atoms with Crippen LogP contribution in [0.2, 0.25) is 5.02 Å². The highest BCUT2D eigenvalue weighted by Crippen LogP contribution is 2.23. The molecule has 8 heteroatoms. The van der Waals surface area contributed by atoms with Crippen LogP contribution in [0.4, 0.5) is 5.69 Å². The van der Waals surface area contributed by atoms with E-state index in [1.54, 1.807) is 29.3 Å². The number of pyridine rings is 1. The highest BCUT2D eigenvalue weighted by molar-refractivity contribution is 6.30. The van der Waals surface area contributed by atoms with Crippen molar-refractivity contribution in [1.82, 2.24) is 14.7 Å². The van der Waals surface area contributed by atoms with Gasteiger partial charge in [0.25, 0.3) is 5.91 Å². The van der Waals surface area contributed by atoms with Gasteiger partial charge in [0.05, 0.1) is 17.3 Å². The maximum atomic E-state index is 12.0. The second kappa shape index (κ2) is 7.90. The number of ether oxygens (including phenoxy) is 1. The van der Waals surface area contributed by atoms with Crippen LogP contribution in [-0.2, 0) is 16.1 Å². The van der Waals surface area contributed by atoms with Gasteiger partial charge in [-0.1, -0.05) is 11.6 Å². The van der Waals surface area contributed by atoms with Gasteiger partial charge in [0, 0.05) is 31.0 Å². The number of rotatable bonds is 6. The van der Waals surface area contributed by atoms with Crippen LogP contribution in [0.25, 0.3) is 5.65 Å². The zero-order valence-electron chi connectivity index (χ0n) is 15.1. The fourth-order valence-corrected chi connectivity index (χ4v) is 3.30. The van der Waals surface area contributed by atoms with E-state index < -0.39 is 0 Å². The Morgan fingerprint density at radius 2 is 2.00 bits per heavy atom. The molecule has 1 N–H and O–H groups in total. The van der Waals surface area contributed by atoms with E-state index in [2.05, 4.69) is 10.3 Å². The van der Waals surface area contributed by atoms with Crippen LogP contribution in [0.1, 0.15) is 18.5 Å². The first kappa shape index (κ1) is 18.3. The molecule has 0 unspecified atom stereocenters. The van der Waals surface area contributed by atoms with Crippen molar-refractivity contribution in [3.8, 4) is 5.75 Å². The minimum Gasteiger partial charge on any atom is -0.484 e. The van der Waals surface area contributed by atoms with Crippen molar-refractivity contribution < 1.29 is 14.3 Å². The minimum atomic E-state index is -0.242. The number of carbonyl (C=O) groups excluding carboxylic acids is 2. The van der Waals surface area contributed by atoms with Crippen molar-refractivity contribution in [3.05, 3.63) is 59.5 Å². The predicted octanol–water partition coefficient (Wildman–Crippen LogP) is 2.81. The summed E-state index contributed by atoms with van der Waals surface area (Å²) >= 11 is 5.95. The largest absolute Gasteiger partial charge is 0.484 e. The number of imidazole rings is 1. The molecule has 2 amide bonds. The normalized spacial score (nSPS) is 13.9. The first-order chi connectivity index (χ1) is 13.6. The molecule has 0 bridgehead atoms. The quantitative estimate of drug-likeness (QED) is 0.692. The van der Waals surface area contributed by atoms with Crippen molar-refractivity contribution in [1.29, 1.82) is 0 Å². The molecule has 2 aromatic heterocycles. The number of nitrogens with zero attached hydrogens (tertiary/aromatic N) is 3. The SMILES string of the molecule is O=C(COc1ccc(N2CCCC2=O)cc1)NCc1cn2cc(Cl)ccc2n1. The van der Waals surface area contributed by atoms with Crippen LogP contribution >= 0.6 is 11.6 Å². The Bertz CT molecular complexity index is 1020. The number of aromatic nitrogens is 2. The molecule has 3 heterocycles. The van der Waals surface area contributed by atoms with Crippen LogP contribution in [0.5, 0.6) is 5.75 Å². The molecule has 144 valence electrons. The van der Waals surface area contributed by atoms with Gasteiger partial charge < -0.3 is 19.4 Å². The Hall–Kier alpha value is -3.06. The number of fused-ring (bicyclic) bond motifs is 1. The Labute approximate surface area is 166 Å². The van der Waals surface area contributed by atoms with Crippen molar-refractivity contribution in [2.45, 2.75) is 19.4 Å². The molecule has 3 aromatic rings. The topological polar surface area (TPSA) is 75.9 Å². The van der Waals surface area contributed by atoms with Gasteiger partial charge in [0.1, 0.15) is 11.4 Å². The number of halogens is 1. The molecule has 7 nitrogen and oxygen atoms in total. The summed E-state index contributed by atoms with van der Waals surface area (Å²) in [4.78, 5) is 30.0. The average Bonchev–Trinajstić information content (AvgIpc) is 3.30. The van der Waals surface area contributed by atoms with Crippen LogP contribution < -0.4 is 15.0 Å². The second-order valence-corrected chi connectivity index (χ2v) is 6.99. The fraction of sp³-hybridized carbons (Fsp3) is 0.250. The van der Waals surface area contributed by atoms with E-state index in [4.69, 9.17) is 16.3 Å². The first-order valence-corrected chi connectivity index (χ1v) is 9.39. The molecule has 4 rings (SSSR count). The van der Waals surface area contributed by atoms with Gasteiger partial charge in [0.15, 0.2) is 6.61 Å². The number of benzene rings is 1. The molecule has 1 fully saturated rings. The van der Waals surface area contributed by atoms with E-state index in [0.717, 1.165) is 30.0 Å². The lowest BCUT2D eigenvalue weighted by Crippen LogP contribution is -2.28. The zero-order chi connectivity index (χ0) is 19.5. The molecule has 1 aliphatic rings. The van der Waals surface area contributed by atoms with Crippen molar-refractivity contribution >= 4 is 34.7 Å². The molecular formula is C20H19ClN4O3. The first-order valence-electron chi connectivity index (χ1n) is 9.01. The molecule has 0 saturated carbocycles. The number of hydrogen-bond acceptors (Lipinski definition) is 4. The third kappa shape index (κ3) is 4.09. The summed E-state index contributed by atoms with van der Waals surface area (Å²) in [6.07, 6.45) is 5.06. The number of hydrogen-bond donors (Lipinski definition) is 1. The third-order valence-corrected chi connectivity index (χ3v) is 4.75. The highest BCUT2D eigenvalue weighted by Gasteiger charge is 2.21. The van der Waals surface area contributed by atoms with Gasteiger partial charge in [0.2, 0.25) is 5.91 Å². The molecular weight excluding hydrogens is 380 g/mol. The Kier molecular flexibility index (Phi) is 5.16. The summed E-state index contributed by atoms with van der Waals surface area (Å²) in [7, 11) is 0. The van der Waals surface area contributed by atoms with Gasteiger partial charge in [-0.15, -0.1) is 0 Å². The average molecular weight is 399 g/mol. The Balaban J connectivity index is 1.27.